The first-order chi connectivity index (χ1) is 6.43. The van der Waals surface area contributed by atoms with Gasteiger partial charge >= 0.3 is 5.97 Å². The van der Waals surface area contributed by atoms with Crippen LogP contribution < -0.4 is 0 Å². The Balaban J connectivity index is 3.27. The van der Waals surface area contributed by atoms with E-state index >= 15 is 0 Å². The van der Waals surface area contributed by atoms with Crippen molar-refractivity contribution in [1.29, 1.82) is 0 Å². The zero-order chi connectivity index (χ0) is 10.9. The highest BCUT2D eigenvalue weighted by Crippen LogP contribution is 2.33. The molecule has 3 nitrogen and oxygen atoms in total. The summed E-state index contributed by atoms with van der Waals surface area (Å²) in [5.41, 5.74) is 0.155. The molecule has 0 aliphatic rings. The van der Waals surface area contributed by atoms with Crippen molar-refractivity contribution in [1.82, 2.24) is 0 Å². The summed E-state index contributed by atoms with van der Waals surface area (Å²) in [6.45, 7) is 0. The van der Waals surface area contributed by atoms with Crippen LogP contribution in [-0.4, -0.2) is 16.2 Å². The van der Waals surface area contributed by atoms with Gasteiger partial charge in [-0.25, -0.2) is 4.79 Å². The quantitative estimate of drug-likeness (QED) is 0.867. The zero-order valence-electron chi connectivity index (χ0n) is 6.67. The fourth-order valence-corrected chi connectivity index (χ4v) is 2.95. The number of hydrogen-bond donors (Lipinski definition) is 2. The summed E-state index contributed by atoms with van der Waals surface area (Å²) in [5, 5.41) is 18.1. The average Bonchev–Trinajstić information content (AvgIpc) is 2.01. The Morgan fingerprint density at radius 1 is 1.43 bits per heavy atom. The number of aliphatic carboxylic acids is 1. The monoisotopic (exact) mass is 342 g/mol. The van der Waals surface area contributed by atoms with E-state index in [1.807, 2.05) is 0 Å². The Morgan fingerprint density at radius 3 is 2.43 bits per heavy atom. The number of benzene rings is 1. The van der Waals surface area contributed by atoms with Gasteiger partial charge in [-0.1, -0.05) is 43.5 Å². The Kier molecular flexibility index (Phi) is 3.94. The summed E-state index contributed by atoms with van der Waals surface area (Å²) >= 11 is 12.1. The second-order valence-corrected chi connectivity index (χ2v) is 4.70. The highest BCUT2D eigenvalue weighted by molar-refractivity contribution is 9.11. The summed E-state index contributed by atoms with van der Waals surface area (Å²) in [6.07, 6.45) is -1.62. The van der Waals surface area contributed by atoms with Crippen LogP contribution in [0.5, 0.6) is 0 Å². The normalized spacial score (nSPS) is 12.6. The number of aliphatic hydroxyl groups excluding tert-OH is 1. The van der Waals surface area contributed by atoms with Gasteiger partial charge in [0.25, 0.3) is 0 Å². The lowest BCUT2D eigenvalue weighted by atomic mass is 10.1. The van der Waals surface area contributed by atoms with Gasteiger partial charge in [-0.15, -0.1) is 0 Å². The highest BCUT2D eigenvalue weighted by Gasteiger charge is 2.22. The van der Waals surface area contributed by atoms with Gasteiger partial charge in [0.15, 0.2) is 6.10 Å². The number of carboxylic acids is 1. The second-order valence-electron chi connectivity index (χ2n) is 2.52. The summed E-state index contributed by atoms with van der Waals surface area (Å²) in [4.78, 5) is 10.5. The van der Waals surface area contributed by atoms with Crippen molar-refractivity contribution in [2.75, 3.05) is 0 Å². The van der Waals surface area contributed by atoms with Gasteiger partial charge in [0, 0.05) is 19.5 Å². The molecule has 0 aromatic heterocycles. The summed E-state index contributed by atoms with van der Waals surface area (Å²) in [5.74, 6) is -1.34. The predicted molar refractivity (Wildman–Crippen MR) is 59.4 cm³/mol. The van der Waals surface area contributed by atoms with Crippen LogP contribution in [0.3, 0.4) is 0 Å². The molecule has 0 saturated carbocycles. The molecule has 0 saturated heterocycles. The molecular formula is C8H5Br2ClO3. The molecule has 76 valence electrons. The zero-order valence-corrected chi connectivity index (χ0v) is 10.6. The van der Waals surface area contributed by atoms with Crippen molar-refractivity contribution in [3.8, 4) is 0 Å². The van der Waals surface area contributed by atoms with E-state index in [1.165, 1.54) is 6.07 Å². The lowest BCUT2D eigenvalue weighted by Gasteiger charge is -2.10. The Hall–Kier alpha value is -0.100. The van der Waals surface area contributed by atoms with E-state index in [-0.39, 0.29) is 10.6 Å². The summed E-state index contributed by atoms with van der Waals surface area (Å²) in [6, 6.07) is 3.14. The molecule has 0 fully saturated rings. The van der Waals surface area contributed by atoms with E-state index in [9.17, 15) is 9.90 Å². The minimum Gasteiger partial charge on any atom is -0.479 e. The number of hydrogen-bond acceptors (Lipinski definition) is 2. The molecule has 2 N–H and O–H groups in total. The smallest absolute Gasteiger partial charge is 0.337 e. The molecule has 0 spiro atoms. The molecule has 0 bridgehead atoms. The lowest BCUT2D eigenvalue weighted by Crippen LogP contribution is -2.11. The van der Waals surface area contributed by atoms with Crippen LogP contribution >= 0.6 is 43.5 Å². The fraction of sp³-hybridized carbons (Fsp3) is 0.125. The van der Waals surface area contributed by atoms with Gasteiger partial charge in [0.1, 0.15) is 0 Å². The third-order valence-electron chi connectivity index (χ3n) is 1.55. The molecule has 0 heterocycles. The maximum absolute atomic E-state index is 10.5. The third-order valence-corrected chi connectivity index (χ3v) is 2.98. The summed E-state index contributed by atoms with van der Waals surface area (Å²) in [7, 11) is 0. The number of rotatable bonds is 2. The van der Waals surface area contributed by atoms with Gasteiger partial charge < -0.3 is 10.2 Å². The van der Waals surface area contributed by atoms with Crippen molar-refractivity contribution in [3.63, 3.8) is 0 Å². The van der Waals surface area contributed by atoms with E-state index < -0.39 is 12.1 Å². The highest BCUT2D eigenvalue weighted by atomic mass is 79.9. The van der Waals surface area contributed by atoms with Crippen LogP contribution in [0.15, 0.2) is 21.1 Å². The number of aliphatic hydroxyl groups is 1. The van der Waals surface area contributed by atoms with Crippen molar-refractivity contribution < 1.29 is 15.0 Å². The van der Waals surface area contributed by atoms with Gasteiger partial charge in [0.05, 0.1) is 0 Å². The molecule has 0 amide bonds. The number of halogens is 3. The Morgan fingerprint density at radius 2 is 2.00 bits per heavy atom. The van der Waals surface area contributed by atoms with Crippen molar-refractivity contribution in [2.24, 2.45) is 0 Å². The van der Waals surface area contributed by atoms with Gasteiger partial charge in [0.2, 0.25) is 0 Å². The van der Waals surface area contributed by atoms with Crippen molar-refractivity contribution in [3.05, 3.63) is 31.7 Å². The molecule has 14 heavy (non-hydrogen) atoms. The van der Waals surface area contributed by atoms with E-state index in [2.05, 4.69) is 31.9 Å². The van der Waals surface area contributed by atoms with E-state index in [4.69, 9.17) is 16.7 Å². The average molecular weight is 344 g/mol. The van der Waals surface area contributed by atoms with Crippen LogP contribution in [-0.2, 0) is 4.79 Å². The Labute approximate surface area is 102 Å². The molecule has 0 aliphatic heterocycles. The first-order valence-corrected chi connectivity index (χ1v) is 5.45. The number of carbonyl (C=O) groups is 1. The number of carboxylic acid groups (broad SMARTS) is 1. The first-order valence-electron chi connectivity index (χ1n) is 3.48. The standard InChI is InChI=1S/C8H5Br2ClO3/c9-3-1-4(10)6(5(11)2-3)7(12)8(13)14/h1-2,7,12H,(H,13,14). The van der Waals surface area contributed by atoms with E-state index in [1.54, 1.807) is 6.07 Å². The molecule has 1 aromatic rings. The molecule has 6 heteroatoms. The van der Waals surface area contributed by atoms with Crippen LogP contribution in [0.25, 0.3) is 0 Å². The molecule has 1 unspecified atom stereocenters. The first kappa shape index (κ1) is 12.0. The van der Waals surface area contributed by atoms with Crippen molar-refractivity contribution >= 4 is 49.4 Å². The minimum atomic E-state index is -1.62. The molecule has 1 atom stereocenters. The van der Waals surface area contributed by atoms with Crippen LogP contribution in [0.4, 0.5) is 0 Å². The topological polar surface area (TPSA) is 57.5 Å². The molecule has 1 aromatic carbocycles. The van der Waals surface area contributed by atoms with Crippen LogP contribution in [0, 0.1) is 0 Å². The molecular weight excluding hydrogens is 339 g/mol. The van der Waals surface area contributed by atoms with E-state index in [0.29, 0.717) is 8.95 Å². The SMILES string of the molecule is O=C(O)C(O)c1c(Cl)cc(Br)cc1Br. The minimum absolute atomic E-state index is 0.155. The van der Waals surface area contributed by atoms with Gasteiger partial charge in [-0.3, -0.25) is 0 Å². The largest absolute Gasteiger partial charge is 0.479 e. The Bertz CT molecular complexity index is 358. The molecule has 0 radical (unpaired) electrons. The van der Waals surface area contributed by atoms with E-state index in [0.717, 1.165) is 0 Å². The van der Waals surface area contributed by atoms with Gasteiger partial charge in [-0.05, 0) is 12.1 Å². The fourth-order valence-electron chi connectivity index (χ4n) is 0.938. The van der Waals surface area contributed by atoms with Gasteiger partial charge in [-0.2, -0.15) is 0 Å². The third kappa shape index (κ3) is 2.48. The maximum Gasteiger partial charge on any atom is 0.337 e. The maximum atomic E-state index is 10.5. The second kappa shape index (κ2) is 4.61. The van der Waals surface area contributed by atoms with Crippen LogP contribution in [0.1, 0.15) is 11.7 Å². The molecule has 0 aliphatic carbocycles. The van der Waals surface area contributed by atoms with Crippen molar-refractivity contribution in [2.45, 2.75) is 6.10 Å². The summed E-state index contributed by atoms with van der Waals surface area (Å²) < 4.78 is 1.16. The lowest BCUT2D eigenvalue weighted by molar-refractivity contribution is -0.147. The predicted octanol–water partition coefficient (Wildman–Crippen LogP) is 2.98. The van der Waals surface area contributed by atoms with Crippen LogP contribution in [0.2, 0.25) is 5.02 Å². The molecule has 1 rings (SSSR count).